The summed E-state index contributed by atoms with van der Waals surface area (Å²) in [5, 5.41) is 13.3. The summed E-state index contributed by atoms with van der Waals surface area (Å²) in [5.74, 6) is -0.335. The molecule has 0 aliphatic rings. The standard InChI is InChI=1S/C14H15BrF2N2O/c1-9-12(15)13(10-3-5-11(16)6-4-10)19(18-9)7-14(2,17)8-20/h3-6,20H,7-8H2,1-2H3. The number of alkyl halides is 1. The normalized spacial score (nSPS) is 14.3. The summed E-state index contributed by atoms with van der Waals surface area (Å²) in [5.41, 5.74) is 0.331. The maximum Gasteiger partial charge on any atom is 0.150 e. The molecule has 0 saturated heterocycles. The largest absolute Gasteiger partial charge is 0.393 e. The van der Waals surface area contributed by atoms with Crippen LogP contribution in [0.3, 0.4) is 0 Å². The Labute approximate surface area is 124 Å². The first-order valence-electron chi connectivity index (χ1n) is 6.13. The molecule has 20 heavy (non-hydrogen) atoms. The minimum atomic E-state index is -1.77. The Morgan fingerprint density at radius 3 is 2.50 bits per heavy atom. The summed E-state index contributed by atoms with van der Waals surface area (Å²) >= 11 is 3.42. The van der Waals surface area contributed by atoms with Crippen molar-refractivity contribution in [2.75, 3.05) is 6.61 Å². The van der Waals surface area contributed by atoms with Crippen LogP contribution in [-0.4, -0.2) is 27.2 Å². The third kappa shape index (κ3) is 3.07. The molecule has 0 saturated carbocycles. The smallest absolute Gasteiger partial charge is 0.150 e. The van der Waals surface area contributed by atoms with Crippen LogP contribution in [0.5, 0.6) is 0 Å². The van der Waals surface area contributed by atoms with Crippen LogP contribution < -0.4 is 0 Å². The van der Waals surface area contributed by atoms with Gasteiger partial charge in [0.15, 0.2) is 5.67 Å². The lowest BCUT2D eigenvalue weighted by Gasteiger charge is -2.19. The SMILES string of the molecule is Cc1nn(CC(C)(F)CO)c(-c2ccc(F)cc2)c1Br. The van der Waals surface area contributed by atoms with Gasteiger partial charge in [-0.1, -0.05) is 0 Å². The van der Waals surface area contributed by atoms with Crippen molar-refractivity contribution in [2.45, 2.75) is 26.1 Å². The molecule has 0 radical (unpaired) electrons. The highest BCUT2D eigenvalue weighted by Crippen LogP contribution is 2.32. The monoisotopic (exact) mass is 344 g/mol. The van der Waals surface area contributed by atoms with E-state index in [0.29, 0.717) is 11.4 Å². The van der Waals surface area contributed by atoms with Crippen LogP contribution in [0.15, 0.2) is 28.7 Å². The molecule has 0 aliphatic carbocycles. The summed E-state index contributed by atoms with van der Waals surface area (Å²) in [6, 6.07) is 5.91. The molecule has 0 spiro atoms. The van der Waals surface area contributed by atoms with Gasteiger partial charge in [0.2, 0.25) is 0 Å². The van der Waals surface area contributed by atoms with Gasteiger partial charge in [-0.25, -0.2) is 8.78 Å². The van der Waals surface area contributed by atoms with E-state index in [1.807, 2.05) is 0 Å². The topological polar surface area (TPSA) is 38.0 Å². The van der Waals surface area contributed by atoms with Crippen molar-refractivity contribution in [2.24, 2.45) is 0 Å². The molecular formula is C14H15BrF2N2O. The van der Waals surface area contributed by atoms with Crippen LogP contribution in [0.25, 0.3) is 11.3 Å². The molecule has 1 heterocycles. The molecule has 2 aromatic rings. The number of aromatic nitrogens is 2. The predicted octanol–water partition coefficient (Wildman–Crippen LogP) is 3.48. The first-order chi connectivity index (χ1) is 9.34. The van der Waals surface area contributed by atoms with Crippen LogP contribution in [0.1, 0.15) is 12.6 Å². The van der Waals surface area contributed by atoms with E-state index >= 15 is 0 Å². The van der Waals surface area contributed by atoms with E-state index in [1.54, 1.807) is 19.1 Å². The van der Waals surface area contributed by atoms with Crippen molar-refractivity contribution in [3.05, 3.63) is 40.2 Å². The van der Waals surface area contributed by atoms with Crippen LogP contribution in [-0.2, 0) is 6.54 Å². The van der Waals surface area contributed by atoms with Gasteiger partial charge in [-0.15, -0.1) is 0 Å². The van der Waals surface area contributed by atoms with Gasteiger partial charge in [0.25, 0.3) is 0 Å². The van der Waals surface area contributed by atoms with Gasteiger partial charge in [0.05, 0.1) is 29.0 Å². The molecule has 1 N–H and O–H groups in total. The average Bonchev–Trinajstić information content (AvgIpc) is 2.66. The van der Waals surface area contributed by atoms with Gasteiger partial charge in [-0.3, -0.25) is 4.68 Å². The van der Waals surface area contributed by atoms with Gasteiger partial charge >= 0.3 is 0 Å². The lowest BCUT2D eigenvalue weighted by molar-refractivity contribution is 0.0686. The highest BCUT2D eigenvalue weighted by molar-refractivity contribution is 9.10. The third-order valence-electron chi connectivity index (χ3n) is 2.98. The quantitative estimate of drug-likeness (QED) is 0.921. The highest BCUT2D eigenvalue weighted by Gasteiger charge is 2.26. The molecular weight excluding hydrogens is 330 g/mol. The second kappa shape index (κ2) is 5.61. The zero-order chi connectivity index (χ0) is 14.9. The second-order valence-corrected chi connectivity index (χ2v) is 5.78. The van der Waals surface area contributed by atoms with E-state index in [4.69, 9.17) is 5.11 Å². The fourth-order valence-electron chi connectivity index (χ4n) is 1.92. The fraction of sp³-hybridized carbons (Fsp3) is 0.357. The first-order valence-corrected chi connectivity index (χ1v) is 6.92. The molecule has 6 heteroatoms. The summed E-state index contributed by atoms with van der Waals surface area (Å²) < 4.78 is 29.3. The number of halogens is 3. The summed E-state index contributed by atoms with van der Waals surface area (Å²) in [7, 11) is 0. The van der Waals surface area contributed by atoms with E-state index in [1.165, 1.54) is 23.7 Å². The number of hydrogen-bond donors (Lipinski definition) is 1. The number of aliphatic hydroxyl groups is 1. The Morgan fingerprint density at radius 1 is 1.35 bits per heavy atom. The summed E-state index contributed by atoms with van der Waals surface area (Å²) in [4.78, 5) is 0. The zero-order valence-corrected chi connectivity index (χ0v) is 12.8. The Morgan fingerprint density at radius 2 is 1.95 bits per heavy atom. The first kappa shape index (κ1) is 15.1. The molecule has 1 aromatic carbocycles. The molecule has 1 aromatic heterocycles. The maximum absolute atomic E-state index is 14.0. The number of aliphatic hydroxyl groups excluding tert-OH is 1. The number of nitrogens with zero attached hydrogens (tertiary/aromatic N) is 2. The number of benzene rings is 1. The second-order valence-electron chi connectivity index (χ2n) is 4.98. The predicted molar refractivity (Wildman–Crippen MR) is 76.7 cm³/mol. The van der Waals surface area contributed by atoms with E-state index in [0.717, 1.165) is 10.0 Å². The molecule has 0 fully saturated rings. The summed E-state index contributed by atoms with van der Waals surface area (Å²) in [6.07, 6.45) is 0. The Hall–Kier alpha value is -1.27. The molecule has 2 rings (SSSR count). The molecule has 0 bridgehead atoms. The third-order valence-corrected chi connectivity index (χ3v) is 3.93. The Bertz CT molecular complexity index is 608. The minimum Gasteiger partial charge on any atom is -0.393 e. The van der Waals surface area contributed by atoms with Gasteiger partial charge in [-0.2, -0.15) is 5.10 Å². The number of hydrogen-bond acceptors (Lipinski definition) is 2. The van der Waals surface area contributed by atoms with E-state index < -0.39 is 12.3 Å². The minimum absolute atomic E-state index is 0.0807. The van der Waals surface area contributed by atoms with E-state index in [-0.39, 0.29) is 12.4 Å². The van der Waals surface area contributed by atoms with Crippen LogP contribution >= 0.6 is 15.9 Å². The van der Waals surface area contributed by atoms with Crippen LogP contribution in [0, 0.1) is 12.7 Å². The maximum atomic E-state index is 14.0. The Kier molecular flexibility index (Phi) is 4.25. The molecule has 3 nitrogen and oxygen atoms in total. The van der Waals surface area contributed by atoms with Gasteiger partial charge < -0.3 is 5.11 Å². The number of aryl methyl sites for hydroxylation is 1. The lowest BCUT2D eigenvalue weighted by atomic mass is 10.1. The average molecular weight is 345 g/mol. The summed E-state index contributed by atoms with van der Waals surface area (Å²) in [6.45, 7) is 2.43. The van der Waals surface area contributed by atoms with Crippen LogP contribution in [0.4, 0.5) is 8.78 Å². The zero-order valence-electron chi connectivity index (χ0n) is 11.2. The van der Waals surface area contributed by atoms with Gasteiger partial charge in [0, 0.05) is 5.56 Å². The van der Waals surface area contributed by atoms with Crippen molar-refractivity contribution < 1.29 is 13.9 Å². The molecule has 0 aliphatic heterocycles. The molecule has 1 unspecified atom stereocenters. The Balaban J connectivity index is 2.49. The van der Waals surface area contributed by atoms with Crippen molar-refractivity contribution in [3.63, 3.8) is 0 Å². The van der Waals surface area contributed by atoms with Crippen molar-refractivity contribution in [3.8, 4) is 11.3 Å². The van der Waals surface area contributed by atoms with Gasteiger partial charge in [0.1, 0.15) is 5.82 Å². The fourth-order valence-corrected chi connectivity index (χ4v) is 2.43. The molecule has 1 atom stereocenters. The molecule has 0 amide bonds. The molecule has 108 valence electrons. The number of rotatable bonds is 4. The van der Waals surface area contributed by atoms with E-state index in [2.05, 4.69) is 21.0 Å². The van der Waals surface area contributed by atoms with Crippen molar-refractivity contribution in [1.29, 1.82) is 0 Å². The van der Waals surface area contributed by atoms with Crippen molar-refractivity contribution >= 4 is 15.9 Å². The van der Waals surface area contributed by atoms with Gasteiger partial charge in [-0.05, 0) is 54.0 Å². The van der Waals surface area contributed by atoms with E-state index in [9.17, 15) is 8.78 Å². The highest BCUT2D eigenvalue weighted by atomic mass is 79.9. The van der Waals surface area contributed by atoms with Crippen LogP contribution in [0.2, 0.25) is 0 Å². The lowest BCUT2D eigenvalue weighted by Crippen LogP contribution is -2.30. The van der Waals surface area contributed by atoms with Crippen molar-refractivity contribution in [1.82, 2.24) is 9.78 Å².